The Morgan fingerprint density at radius 3 is 2.23 bits per heavy atom. The van der Waals surface area contributed by atoms with E-state index in [1.54, 1.807) is 12.1 Å². The van der Waals surface area contributed by atoms with Gasteiger partial charge in [0.1, 0.15) is 0 Å². The summed E-state index contributed by atoms with van der Waals surface area (Å²) in [4.78, 5) is 14.4. The fourth-order valence-corrected chi connectivity index (χ4v) is 4.96. The lowest BCUT2D eigenvalue weighted by Gasteiger charge is -2.31. The molecular weight excluding hydrogens is 412 g/mol. The summed E-state index contributed by atoms with van der Waals surface area (Å²) in [6.07, 6.45) is 6.72. The zero-order valence-corrected chi connectivity index (χ0v) is 19.5. The largest absolute Gasteiger partial charge is 0.353 e. The molecule has 1 aliphatic heterocycles. The molecule has 1 amide bonds. The molecule has 1 fully saturated rings. The zero-order chi connectivity index (χ0) is 22.4. The van der Waals surface area contributed by atoms with Crippen molar-refractivity contribution in [2.24, 2.45) is 13.0 Å². The molecule has 170 valence electrons. The molecule has 7 nitrogen and oxygen atoms in total. The van der Waals surface area contributed by atoms with Crippen molar-refractivity contribution in [2.45, 2.75) is 50.5 Å². The van der Waals surface area contributed by atoms with Gasteiger partial charge in [-0.3, -0.25) is 9.69 Å². The summed E-state index contributed by atoms with van der Waals surface area (Å²) in [6, 6.07) is 10.4. The lowest BCUT2D eigenvalue weighted by Crippen LogP contribution is -2.39. The monoisotopic (exact) mass is 446 g/mol. The van der Waals surface area contributed by atoms with E-state index in [2.05, 4.69) is 25.6 Å². The predicted octanol–water partition coefficient (Wildman–Crippen LogP) is 3.52. The molecule has 0 spiro atoms. The standard InChI is InChI=1S/C23H34N4O3S/c1-18(2)23(28)25-19-10-12-20(13-11-19)31(29,30)24-17-22(21-9-8-14-26(21)3)27-15-6-4-5-7-16-27/h8-14,18,22,24H,4-7,15-17H2,1-3H3,(H,25,28). The van der Waals surface area contributed by atoms with Crippen LogP contribution in [0.3, 0.4) is 0 Å². The van der Waals surface area contributed by atoms with Gasteiger partial charge in [0.05, 0.1) is 10.9 Å². The number of carbonyl (C=O) groups excluding carboxylic acids is 1. The van der Waals surface area contributed by atoms with Crippen LogP contribution < -0.4 is 10.0 Å². The van der Waals surface area contributed by atoms with Crippen LogP contribution in [0.25, 0.3) is 0 Å². The van der Waals surface area contributed by atoms with Crippen LogP contribution in [0.2, 0.25) is 0 Å². The Hall–Kier alpha value is -2.16. The molecule has 1 saturated heterocycles. The van der Waals surface area contributed by atoms with E-state index in [9.17, 15) is 13.2 Å². The zero-order valence-electron chi connectivity index (χ0n) is 18.7. The van der Waals surface area contributed by atoms with Crippen LogP contribution in [0, 0.1) is 5.92 Å². The normalized spacial score (nSPS) is 16.8. The Kier molecular flexibility index (Phi) is 7.91. The van der Waals surface area contributed by atoms with Crippen molar-refractivity contribution in [3.63, 3.8) is 0 Å². The maximum absolute atomic E-state index is 13.0. The van der Waals surface area contributed by atoms with Crippen LogP contribution in [0.1, 0.15) is 51.3 Å². The predicted molar refractivity (Wildman–Crippen MR) is 123 cm³/mol. The smallest absolute Gasteiger partial charge is 0.240 e. The summed E-state index contributed by atoms with van der Waals surface area (Å²) in [6.45, 7) is 5.88. The molecule has 0 bridgehead atoms. The van der Waals surface area contributed by atoms with E-state index in [1.807, 2.05) is 33.2 Å². The average Bonchev–Trinajstić information content (AvgIpc) is 2.98. The molecule has 1 atom stereocenters. The highest BCUT2D eigenvalue weighted by atomic mass is 32.2. The molecule has 1 unspecified atom stereocenters. The summed E-state index contributed by atoms with van der Waals surface area (Å²) in [5.41, 5.74) is 1.69. The van der Waals surface area contributed by atoms with Gasteiger partial charge in [-0.1, -0.05) is 26.7 Å². The third-order valence-electron chi connectivity index (χ3n) is 5.83. The van der Waals surface area contributed by atoms with Gasteiger partial charge in [0.15, 0.2) is 0 Å². The Bertz CT molecular complexity index is 959. The second-order valence-corrected chi connectivity index (χ2v) is 10.3. The minimum Gasteiger partial charge on any atom is -0.353 e. The quantitative estimate of drug-likeness (QED) is 0.650. The van der Waals surface area contributed by atoms with Gasteiger partial charge in [-0.2, -0.15) is 0 Å². The molecule has 0 radical (unpaired) electrons. The Morgan fingerprint density at radius 1 is 1.03 bits per heavy atom. The van der Waals surface area contributed by atoms with E-state index in [0.29, 0.717) is 12.2 Å². The number of aromatic nitrogens is 1. The maximum atomic E-state index is 13.0. The summed E-state index contributed by atoms with van der Waals surface area (Å²) in [5, 5.41) is 2.78. The molecule has 3 rings (SSSR count). The number of benzene rings is 1. The van der Waals surface area contributed by atoms with Crippen LogP contribution in [-0.2, 0) is 21.9 Å². The third kappa shape index (κ3) is 6.18. The second-order valence-electron chi connectivity index (χ2n) is 8.53. The number of amides is 1. The van der Waals surface area contributed by atoms with Gasteiger partial charge in [0.25, 0.3) is 0 Å². The number of aryl methyl sites for hydroxylation is 1. The number of nitrogens with one attached hydrogen (secondary N) is 2. The van der Waals surface area contributed by atoms with Crippen molar-refractivity contribution < 1.29 is 13.2 Å². The van der Waals surface area contributed by atoms with Crippen molar-refractivity contribution in [2.75, 3.05) is 25.0 Å². The van der Waals surface area contributed by atoms with E-state index >= 15 is 0 Å². The van der Waals surface area contributed by atoms with Gasteiger partial charge in [-0.15, -0.1) is 0 Å². The van der Waals surface area contributed by atoms with Gasteiger partial charge < -0.3 is 9.88 Å². The molecule has 0 saturated carbocycles. The van der Waals surface area contributed by atoms with Gasteiger partial charge in [0.2, 0.25) is 15.9 Å². The first-order valence-electron chi connectivity index (χ1n) is 11.0. The number of hydrogen-bond acceptors (Lipinski definition) is 4. The first-order valence-corrected chi connectivity index (χ1v) is 12.5. The van der Waals surface area contributed by atoms with Gasteiger partial charge in [0, 0.05) is 37.1 Å². The first kappa shape index (κ1) is 23.5. The lowest BCUT2D eigenvalue weighted by atomic mass is 10.1. The van der Waals surface area contributed by atoms with Crippen molar-refractivity contribution in [3.05, 3.63) is 48.3 Å². The molecule has 8 heteroatoms. The Balaban J connectivity index is 1.72. The van der Waals surface area contributed by atoms with Gasteiger partial charge in [-0.05, 0) is 62.3 Å². The number of anilines is 1. The number of carbonyl (C=O) groups is 1. The average molecular weight is 447 g/mol. The van der Waals surface area contributed by atoms with Crippen LogP contribution >= 0.6 is 0 Å². The van der Waals surface area contributed by atoms with Crippen LogP contribution in [0.4, 0.5) is 5.69 Å². The Morgan fingerprint density at radius 2 is 1.68 bits per heavy atom. The van der Waals surface area contributed by atoms with Crippen molar-refractivity contribution in [3.8, 4) is 0 Å². The minimum atomic E-state index is -3.67. The molecule has 2 heterocycles. The molecule has 1 aliphatic rings. The van der Waals surface area contributed by atoms with E-state index in [1.165, 1.54) is 25.0 Å². The maximum Gasteiger partial charge on any atom is 0.240 e. The van der Waals surface area contributed by atoms with Crippen LogP contribution in [0.15, 0.2) is 47.5 Å². The highest BCUT2D eigenvalue weighted by Crippen LogP contribution is 2.25. The van der Waals surface area contributed by atoms with Crippen LogP contribution in [0.5, 0.6) is 0 Å². The number of nitrogens with zero attached hydrogens (tertiary/aromatic N) is 2. The van der Waals surface area contributed by atoms with Crippen molar-refractivity contribution in [1.82, 2.24) is 14.2 Å². The highest BCUT2D eigenvalue weighted by Gasteiger charge is 2.26. The fraction of sp³-hybridized carbons (Fsp3) is 0.522. The molecule has 1 aromatic carbocycles. The van der Waals surface area contributed by atoms with Gasteiger partial charge >= 0.3 is 0 Å². The summed E-state index contributed by atoms with van der Waals surface area (Å²) in [7, 11) is -1.67. The number of likely N-dealkylation sites (tertiary alicyclic amines) is 1. The van der Waals surface area contributed by atoms with E-state index < -0.39 is 10.0 Å². The topological polar surface area (TPSA) is 83.4 Å². The summed E-state index contributed by atoms with van der Waals surface area (Å²) in [5.74, 6) is -0.241. The molecular formula is C23H34N4O3S. The molecule has 1 aromatic heterocycles. The first-order chi connectivity index (χ1) is 14.8. The molecule has 2 aromatic rings. The summed E-state index contributed by atoms with van der Waals surface area (Å²) < 4.78 is 30.8. The van der Waals surface area contributed by atoms with Gasteiger partial charge in [-0.25, -0.2) is 13.1 Å². The fourth-order valence-electron chi connectivity index (χ4n) is 3.92. The number of rotatable bonds is 8. The highest BCUT2D eigenvalue weighted by molar-refractivity contribution is 7.89. The summed E-state index contributed by atoms with van der Waals surface area (Å²) >= 11 is 0. The molecule has 31 heavy (non-hydrogen) atoms. The van der Waals surface area contributed by atoms with E-state index in [4.69, 9.17) is 0 Å². The van der Waals surface area contributed by atoms with E-state index in [0.717, 1.165) is 31.6 Å². The third-order valence-corrected chi connectivity index (χ3v) is 7.27. The van der Waals surface area contributed by atoms with Crippen LogP contribution in [-0.4, -0.2) is 43.4 Å². The Labute approximate surface area is 185 Å². The lowest BCUT2D eigenvalue weighted by molar-refractivity contribution is -0.118. The van der Waals surface area contributed by atoms with Crippen molar-refractivity contribution in [1.29, 1.82) is 0 Å². The number of hydrogen-bond donors (Lipinski definition) is 2. The molecule has 0 aliphatic carbocycles. The minimum absolute atomic E-state index is 0.0162. The van der Waals surface area contributed by atoms with Crippen molar-refractivity contribution >= 4 is 21.6 Å². The second kappa shape index (κ2) is 10.4. The SMILES string of the molecule is CC(C)C(=O)Nc1ccc(S(=O)(=O)NCC(c2cccn2C)N2CCCCCC2)cc1. The molecule has 2 N–H and O–H groups in total. The number of sulfonamides is 1. The van der Waals surface area contributed by atoms with E-state index in [-0.39, 0.29) is 22.8 Å².